The zero-order valence-corrected chi connectivity index (χ0v) is 8.03. The van der Waals surface area contributed by atoms with Crippen LogP contribution in [0.2, 0.25) is 0 Å². The molecule has 0 spiro atoms. The second-order valence-corrected chi connectivity index (χ2v) is 3.93. The Hall–Kier alpha value is -1.16. The molecule has 0 saturated heterocycles. The van der Waals surface area contributed by atoms with Crippen molar-refractivity contribution < 1.29 is 14.3 Å². The fourth-order valence-corrected chi connectivity index (χ4v) is 1.49. The van der Waals surface area contributed by atoms with Crippen LogP contribution < -0.4 is 5.73 Å². The van der Waals surface area contributed by atoms with Crippen molar-refractivity contribution >= 4 is 5.97 Å². The lowest BCUT2D eigenvalue weighted by atomic mass is 9.78. The lowest BCUT2D eigenvalue weighted by Crippen LogP contribution is -2.35. The summed E-state index contributed by atoms with van der Waals surface area (Å²) >= 11 is 0. The smallest absolute Gasteiger partial charge is 0.320 e. The number of hydrogen-bond donors (Lipinski definition) is 2. The van der Waals surface area contributed by atoms with Crippen molar-refractivity contribution in [1.82, 2.24) is 0 Å². The maximum atomic E-state index is 12.6. The monoisotopic (exact) mass is 199 g/mol. The maximum absolute atomic E-state index is 12.6. The second kappa shape index (κ2) is 3.92. The van der Waals surface area contributed by atoms with E-state index < -0.39 is 12.0 Å². The van der Waals surface area contributed by atoms with E-state index in [0.29, 0.717) is 12.8 Å². The third-order valence-electron chi connectivity index (χ3n) is 2.41. The first kappa shape index (κ1) is 10.9. The summed E-state index contributed by atoms with van der Waals surface area (Å²) < 4.78 is 12.6. The van der Waals surface area contributed by atoms with Crippen LogP contribution in [0.5, 0.6) is 0 Å². The number of carboxylic acid groups (broad SMARTS) is 1. The largest absolute Gasteiger partial charge is 0.480 e. The van der Waals surface area contributed by atoms with Gasteiger partial charge in [0, 0.05) is 0 Å². The first-order valence-corrected chi connectivity index (χ1v) is 4.46. The number of nitrogens with two attached hydrogens (primary N) is 1. The molecule has 0 aromatic heterocycles. The summed E-state index contributed by atoms with van der Waals surface area (Å²) in [5.41, 5.74) is 5.08. The number of carbonyl (C=O) groups is 1. The summed E-state index contributed by atoms with van der Waals surface area (Å²) in [6.07, 6.45) is 5.32. The highest BCUT2D eigenvalue weighted by atomic mass is 19.1. The minimum Gasteiger partial charge on any atom is -0.480 e. The first-order chi connectivity index (χ1) is 6.43. The Morgan fingerprint density at radius 2 is 2.50 bits per heavy atom. The Morgan fingerprint density at radius 1 is 1.86 bits per heavy atom. The SMILES string of the molecule is CC1(C[C@H](N)C(=O)O)C=CC(F)=CC1. The molecular weight excluding hydrogens is 185 g/mol. The van der Waals surface area contributed by atoms with Crippen molar-refractivity contribution in [2.45, 2.75) is 25.8 Å². The van der Waals surface area contributed by atoms with Crippen molar-refractivity contribution in [3.05, 3.63) is 24.1 Å². The highest BCUT2D eigenvalue weighted by molar-refractivity contribution is 5.73. The van der Waals surface area contributed by atoms with E-state index in [9.17, 15) is 9.18 Å². The van der Waals surface area contributed by atoms with Crippen LogP contribution >= 0.6 is 0 Å². The summed E-state index contributed by atoms with van der Waals surface area (Å²) in [5.74, 6) is -1.29. The van der Waals surface area contributed by atoms with E-state index in [0.717, 1.165) is 0 Å². The fraction of sp³-hybridized carbons (Fsp3) is 0.500. The summed E-state index contributed by atoms with van der Waals surface area (Å²) in [4.78, 5) is 10.5. The van der Waals surface area contributed by atoms with Crippen LogP contribution in [0.1, 0.15) is 19.8 Å². The molecule has 1 aliphatic rings. The van der Waals surface area contributed by atoms with E-state index in [-0.39, 0.29) is 11.2 Å². The average Bonchev–Trinajstić information content (AvgIpc) is 2.10. The van der Waals surface area contributed by atoms with Gasteiger partial charge in [-0.05, 0) is 30.4 Å². The third kappa shape index (κ3) is 2.67. The molecule has 0 heterocycles. The molecule has 4 heteroatoms. The molecule has 1 aliphatic carbocycles. The van der Waals surface area contributed by atoms with Gasteiger partial charge < -0.3 is 10.8 Å². The Morgan fingerprint density at radius 3 is 2.93 bits per heavy atom. The number of halogens is 1. The molecule has 0 aliphatic heterocycles. The molecular formula is C10H14FNO2. The van der Waals surface area contributed by atoms with E-state index in [1.54, 1.807) is 6.08 Å². The van der Waals surface area contributed by atoms with Gasteiger partial charge in [-0.2, -0.15) is 0 Å². The Labute approximate surface area is 82.1 Å². The molecule has 0 radical (unpaired) electrons. The molecule has 78 valence electrons. The number of rotatable bonds is 3. The topological polar surface area (TPSA) is 63.3 Å². The van der Waals surface area contributed by atoms with Crippen LogP contribution in [0.25, 0.3) is 0 Å². The first-order valence-electron chi connectivity index (χ1n) is 4.46. The molecule has 0 aromatic rings. The minimum atomic E-state index is -1.02. The van der Waals surface area contributed by atoms with E-state index in [1.807, 2.05) is 6.92 Å². The van der Waals surface area contributed by atoms with E-state index in [4.69, 9.17) is 10.8 Å². The quantitative estimate of drug-likeness (QED) is 0.725. The highest BCUT2D eigenvalue weighted by Crippen LogP contribution is 2.33. The van der Waals surface area contributed by atoms with Gasteiger partial charge in [0.05, 0.1) is 0 Å². The maximum Gasteiger partial charge on any atom is 0.320 e. The van der Waals surface area contributed by atoms with E-state index in [1.165, 1.54) is 12.2 Å². The van der Waals surface area contributed by atoms with Gasteiger partial charge in [0.25, 0.3) is 0 Å². The highest BCUT2D eigenvalue weighted by Gasteiger charge is 2.28. The molecule has 1 rings (SSSR count). The number of aliphatic carboxylic acids is 1. The Kier molecular flexibility index (Phi) is 3.06. The van der Waals surface area contributed by atoms with Crippen LogP contribution in [-0.4, -0.2) is 17.1 Å². The summed E-state index contributed by atoms with van der Waals surface area (Å²) in [5, 5.41) is 8.64. The van der Waals surface area contributed by atoms with Gasteiger partial charge in [-0.25, -0.2) is 4.39 Å². The van der Waals surface area contributed by atoms with Crippen LogP contribution in [0.15, 0.2) is 24.1 Å². The predicted octanol–water partition coefficient (Wildman–Crippen LogP) is 1.61. The molecule has 14 heavy (non-hydrogen) atoms. The molecule has 2 atom stereocenters. The van der Waals surface area contributed by atoms with Crippen molar-refractivity contribution in [3.8, 4) is 0 Å². The molecule has 0 saturated carbocycles. The number of carboxylic acids is 1. The van der Waals surface area contributed by atoms with Gasteiger partial charge in [0.1, 0.15) is 11.9 Å². The van der Waals surface area contributed by atoms with Crippen molar-refractivity contribution in [3.63, 3.8) is 0 Å². The Bertz CT molecular complexity index is 298. The van der Waals surface area contributed by atoms with Gasteiger partial charge in [0.15, 0.2) is 0 Å². The molecule has 0 aromatic carbocycles. The summed E-state index contributed by atoms with van der Waals surface area (Å²) in [7, 11) is 0. The molecule has 3 nitrogen and oxygen atoms in total. The molecule has 0 fully saturated rings. The van der Waals surface area contributed by atoms with Crippen molar-refractivity contribution in [2.24, 2.45) is 11.1 Å². The summed E-state index contributed by atoms with van der Waals surface area (Å²) in [6, 6.07) is -0.890. The van der Waals surface area contributed by atoms with Gasteiger partial charge in [0.2, 0.25) is 0 Å². The van der Waals surface area contributed by atoms with Gasteiger partial charge in [-0.1, -0.05) is 13.0 Å². The van der Waals surface area contributed by atoms with Crippen LogP contribution in [-0.2, 0) is 4.79 Å². The van der Waals surface area contributed by atoms with Crippen LogP contribution in [0.4, 0.5) is 4.39 Å². The van der Waals surface area contributed by atoms with Gasteiger partial charge >= 0.3 is 5.97 Å². The van der Waals surface area contributed by atoms with Crippen molar-refractivity contribution in [1.29, 1.82) is 0 Å². The zero-order chi connectivity index (χ0) is 10.8. The van der Waals surface area contributed by atoms with Crippen LogP contribution in [0, 0.1) is 5.41 Å². The molecule has 3 N–H and O–H groups in total. The second-order valence-electron chi connectivity index (χ2n) is 3.93. The van der Waals surface area contributed by atoms with E-state index >= 15 is 0 Å². The van der Waals surface area contributed by atoms with Gasteiger partial charge in [-0.3, -0.25) is 4.79 Å². The van der Waals surface area contributed by atoms with Crippen molar-refractivity contribution in [2.75, 3.05) is 0 Å². The normalized spacial score (nSPS) is 28.4. The standard InChI is InChI=1S/C10H14FNO2/c1-10(6-8(12)9(13)14)4-2-7(11)3-5-10/h2-4,8H,5-6,12H2,1H3,(H,13,14)/t8-,10?/m0/s1. The Balaban J connectivity index is 2.61. The van der Waals surface area contributed by atoms with E-state index in [2.05, 4.69) is 0 Å². The number of allylic oxidation sites excluding steroid dienone is 4. The minimum absolute atomic E-state index is 0.272. The lowest BCUT2D eigenvalue weighted by Gasteiger charge is -2.28. The predicted molar refractivity (Wildman–Crippen MR) is 51.3 cm³/mol. The summed E-state index contributed by atoms with van der Waals surface area (Å²) in [6.45, 7) is 1.87. The average molecular weight is 199 g/mol. The van der Waals surface area contributed by atoms with Gasteiger partial charge in [-0.15, -0.1) is 0 Å². The molecule has 0 amide bonds. The zero-order valence-electron chi connectivity index (χ0n) is 8.03. The lowest BCUT2D eigenvalue weighted by molar-refractivity contribution is -0.139. The third-order valence-corrected chi connectivity index (χ3v) is 2.41. The molecule has 0 bridgehead atoms. The number of hydrogen-bond acceptors (Lipinski definition) is 2. The van der Waals surface area contributed by atoms with Crippen LogP contribution in [0.3, 0.4) is 0 Å². The fourth-order valence-electron chi connectivity index (χ4n) is 1.49. The molecule has 1 unspecified atom stereocenters.